The second-order valence-electron chi connectivity index (χ2n) is 2.88. The molecule has 1 aliphatic heterocycles. The van der Waals surface area contributed by atoms with Gasteiger partial charge in [-0.25, -0.2) is 4.79 Å². The summed E-state index contributed by atoms with van der Waals surface area (Å²) < 4.78 is 0.795. The van der Waals surface area contributed by atoms with Crippen LogP contribution in [0, 0.1) is 0 Å². The number of carbonyl (C=O) groups excluding carboxylic acids is 1. The Morgan fingerprint density at radius 1 is 1.40 bits per heavy atom. The average molecular weight is 206 g/mol. The Bertz CT molecular complexity index is 146. The van der Waals surface area contributed by atoms with Crippen molar-refractivity contribution in [3.8, 4) is 0 Å². The molecule has 0 aliphatic carbocycles. The maximum absolute atomic E-state index is 9.97. The summed E-state index contributed by atoms with van der Waals surface area (Å²) >= 11 is 0. The number of likely N-dealkylation sites (tertiary alicyclic amines) is 1. The number of rotatable bonds is 1. The highest BCUT2D eigenvalue weighted by atomic mass is 79.9. The molecule has 1 rings (SSSR count). The van der Waals surface area contributed by atoms with E-state index < -0.39 is 0 Å². The number of halogens is 1. The van der Waals surface area contributed by atoms with Crippen LogP contribution >= 0.6 is 0 Å². The van der Waals surface area contributed by atoms with Crippen LogP contribution < -0.4 is 17.0 Å². The molecule has 58 valence electrons. The van der Waals surface area contributed by atoms with Gasteiger partial charge in [-0.05, 0) is 0 Å². The molecule has 1 aliphatic rings. The zero-order valence-corrected chi connectivity index (χ0v) is 7.73. The van der Waals surface area contributed by atoms with Gasteiger partial charge in [0.2, 0.25) is 0 Å². The SMILES string of the molecule is C[N+]1(C=C=O)CCCC1.[Br-]. The Kier molecular flexibility index (Phi) is 3.87. The molecule has 10 heavy (non-hydrogen) atoms. The summed E-state index contributed by atoms with van der Waals surface area (Å²) in [7, 11) is 2.07. The van der Waals surface area contributed by atoms with E-state index in [9.17, 15) is 4.79 Å². The fourth-order valence-corrected chi connectivity index (χ4v) is 1.31. The Labute approximate surface area is 71.9 Å². The van der Waals surface area contributed by atoms with Crippen LogP contribution in [0.2, 0.25) is 0 Å². The molecule has 0 aromatic rings. The first-order valence-corrected chi connectivity index (χ1v) is 3.33. The minimum absolute atomic E-state index is 0. The third kappa shape index (κ3) is 2.25. The van der Waals surface area contributed by atoms with Gasteiger partial charge in [-0.2, -0.15) is 0 Å². The molecule has 0 radical (unpaired) electrons. The lowest BCUT2D eigenvalue weighted by molar-refractivity contribution is -0.845. The van der Waals surface area contributed by atoms with Crippen molar-refractivity contribution in [2.24, 2.45) is 0 Å². The lowest BCUT2D eigenvalue weighted by atomic mass is 10.4. The molecule has 0 N–H and O–H groups in total. The Balaban J connectivity index is 0.000000810. The van der Waals surface area contributed by atoms with Gasteiger partial charge in [-0.1, -0.05) is 0 Å². The smallest absolute Gasteiger partial charge is 0.183 e. The maximum atomic E-state index is 9.97. The highest BCUT2D eigenvalue weighted by Crippen LogP contribution is 2.15. The minimum atomic E-state index is 0. The molecule has 1 heterocycles. The van der Waals surface area contributed by atoms with E-state index in [1.807, 2.05) is 5.94 Å². The third-order valence-corrected chi connectivity index (χ3v) is 1.95. The first kappa shape index (κ1) is 9.89. The van der Waals surface area contributed by atoms with E-state index in [2.05, 4.69) is 7.05 Å². The van der Waals surface area contributed by atoms with Gasteiger partial charge in [-0.15, -0.1) is 0 Å². The Hall–Kier alpha value is -0.110. The predicted octanol–water partition coefficient (Wildman–Crippen LogP) is -2.42. The standard InChI is InChI=1S/C7H12NO.BrH/c1-8(6-7-9)4-2-3-5-8;/h6H,2-5H2,1H3;1H/q+1;/p-1. The van der Waals surface area contributed by atoms with Crippen LogP contribution in [0.3, 0.4) is 0 Å². The van der Waals surface area contributed by atoms with Crippen molar-refractivity contribution in [1.82, 2.24) is 0 Å². The quantitative estimate of drug-likeness (QED) is 0.344. The number of hydrogen-bond acceptors (Lipinski definition) is 1. The largest absolute Gasteiger partial charge is 1.00 e. The zero-order chi connectivity index (χ0) is 6.74. The first-order valence-electron chi connectivity index (χ1n) is 3.33. The molecule has 0 unspecified atom stereocenters. The lowest BCUT2D eigenvalue weighted by Gasteiger charge is -2.20. The molecule has 0 aromatic carbocycles. The van der Waals surface area contributed by atoms with E-state index in [0.717, 1.165) is 17.6 Å². The summed E-state index contributed by atoms with van der Waals surface area (Å²) in [6.07, 6.45) is 4.11. The highest BCUT2D eigenvalue weighted by Gasteiger charge is 2.24. The highest BCUT2D eigenvalue weighted by molar-refractivity contribution is 5.42. The molecule has 2 nitrogen and oxygen atoms in total. The van der Waals surface area contributed by atoms with Crippen LogP contribution in [0.4, 0.5) is 0 Å². The maximum Gasteiger partial charge on any atom is 0.183 e. The number of quaternary nitrogens is 1. The first-order chi connectivity index (χ1) is 4.27. The Morgan fingerprint density at radius 2 is 1.90 bits per heavy atom. The van der Waals surface area contributed by atoms with E-state index in [1.54, 1.807) is 6.20 Å². The summed E-state index contributed by atoms with van der Waals surface area (Å²) in [4.78, 5) is 9.97. The third-order valence-electron chi connectivity index (χ3n) is 1.95. The van der Waals surface area contributed by atoms with Crippen LogP contribution in [0.1, 0.15) is 12.8 Å². The van der Waals surface area contributed by atoms with Gasteiger partial charge in [0.15, 0.2) is 12.1 Å². The van der Waals surface area contributed by atoms with E-state index in [0.29, 0.717) is 0 Å². The van der Waals surface area contributed by atoms with Crippen molar-refractivity contribution in [3.63, 3.8) is 0 Å². The van der Waals surface area contributed by atoms with Gasteiger partial charge in [0.05, 0.1) is 20.1 Å². The monoisotopic (exact) mass is 205 g/mol. The van der Waals surface area contributed by atoms with E-state index in [-0.39, 0.29) is 17.0 Å². The topological polar surface area (TPSA) is 17.1 Å². The fraction of sp³-hybridized carbons (Fsp3) is 0.714. The molecule has 0 aromatic heterocycles. The van der Waals surface area contributed by atoms with Gasteiger partial charge in [-0.3, -0.25) is 4.48 Å². The molecule has 1 saturated heterocycles. The molecule has 0 atom stereocenters. The molecule has 0 saturated carbocycles. The summed E-state index contributed by atoms with van der Waals surface area (Å²) in [6, 6.07) is 0. The normalized spacial score (nSPS) is 20.9. The number of nitrogens with zero attached hydrogens (tertiary/aromatic N) is 1. The van der Waals surface area contributed by atoms with E-state index in [4.69, 9.17) is 0 Å². The molecule has 3 heteroatoms. The summed E-state index contributed by atoms with van der Waals surface area (Å²) in [5, 5.41) is 0. The summed E-state index contributed by atoms with van der Waals surface area (Å²) in [5.41, 5.74) is 0. The van der Waals surface area contributed by atoms with Gasteiger partial charge >= 0.3 is 0 Å². The zero-order valence-electron chi connectivity index (χ0n) is 6.14. The van der Waals surface area contributed by atoms with Crippen LogP contribution in [0.15, 0.2) is 6.20 Å². The van der Waals surface area contributed by atoms with Crippen LogP contribution in [-0.4, -0.2) is 30.6 Å². The minimum Gasteiger partial charge on any atom is -1.00 e. The Morgan fingerprint density at radius 3 is 2.30 bits per heavy atom. The molecule has 1 fully saturated rings. The molecule has 0 amide bonds. The van der Waals surface area contributed by atoms with E-state index in [1.165, 1.54) is 12.8 Å². The van der Waals surface area contributed by atoms with Crippen molar-refractivity contribution >= 4 is 5.94 Å². The van der Waals surface area contributed by atoms with Gasteiger partial charge in [0.25, 0.3) is 0 Å². The summed E-state index contributed by atoms with van der Waals surface area (Å²) in [5.74, 6) is 1.85. The van der Waals surface area contributed by atoms with Gasteiger partial charge < -0.3 is 17.0 Å². The fourth-order valence-electron chi connectivity index (χ4n) is 1.31. The van der Waals surface area contributed by atoms with Crippen molar-refractivity contribution in [3.05, 3.63) is 6.20 Å². The van der Waals surface area contributed by atoms with Gasteiger partial charge in [0.1, 0.15) is 0 Å². The summed E-state index contributed by atoms with van der Waals surface area (Å²) in [6.45, 7) is 2.21. The predicted molar refractivity (Wildman–Crippen MR) is 35.4 cm³/mol. The van der Waals surface area contributed by atoms with Crippen molar-refractivity contribution in [1.29, 1.82) is 0 Å². The lowest BCUT2D eigenvalue weighted by Crippen LogP contribution is -3.00. The molecule has 0 bridgehead atoms. The van der Waals surface area contributed by atoms with Crippen molar-refractivity contribution < 1.29 is 26.3 Å². The second kappa shape index (κ2) is 3.91. The van der Waals surface area contributed by atoms with Gasteiger partial charge in [0, 0.05) is 12.8 Å². The molecule has 0 spiro atoms. The van der Waals surface area contributed by atoms with Crippen LogP contribution in [0.5, 0.6) is 0 Å². The van der Waals surface area contributed by atoms with Crippen molar-refractivity contribution in [2.45, 2.75) is 12.8 Å². The average Bonchev–Trinajstić information content (AvgIpc) is 2.16. The van der Waals surface area contributed by atoms with Crippen LogP contribution in [0.25, 0.3) is 0 Å². The van der Waals surface area contributed by atoms with Crippen LogP contribution in [-0.2, 0) is 4.79 Å². The second-order valence-corrected chi connectivity index (χ2v) is 2.88. The van der Waals surface area contributed by atoms with E-state index >= 15 is 0 Å². The van der Waals surface area contributed by atoms with Crippen molar-refractivity contribution in [2.75, 3.05) is 20.1 Å². The molecular formula is C7H12BrNO. The number of hydrogen-bond donors (Lipinski definition) is 0. The molecular weight excluding hydrogens is 194 g/mol.